The van der Waals surface area contributed by atoms with Gasteiger partial charge in [-0.2, -0.15) is 0 Å². The molecule has 0 aliphatic rings. The van der Waals surface area contributed by atoms with Crippen molar-refractivity contribution < 1.29 is 5.11 Å². The molecule has 0 radical (unpaired) electrons. The monoisotopic (exact) mass is 448 g/mol. The van der Waals surface area contributed by atoms with Crippen LogP contribution in [-0.2, 0) is 0 Å². The minimum absolute atomic E-state index is 0.106. The quantitative estimate of drug-likeness (QED) is 0.288. The molecule has 0 bridgehead atoms. The zero-order valence-electron chi connectivity index (χ0n) is 16.4. The third-order valence-electron chi connectivity index (χ3n) is 4.63. The minimum atomic E-state index is -0.590. The summed E-state index contributed by atoms with van der Waals surface area (Å²) in [6.45, 7) is 1.96. The Morgan fingerprint density at radius 2 is 1.45 bits per heavy atom. The normalized spacial score (nSPS) is 11.2. The summed E-state index contributed by atoms with van der Waals surface area (Å²) in [4.78, 5) is 13.3. The molecule has 0 unspecified atom stereocenters. The van der Waals surface area contributed by atoms with E-state index in [1.54, 1.807) is 60.7 Å². The molecule has 0 saturated heterocycles. The van der Waals surface area contributed by atoms with Gasteiger partial charge in [0.05, 0.1) is 16.4 Å². The average molecular weight is 449 g/mol. The summed E-state index contributed by atoms with van der Waals surface area (Å²) in [5.74, 6) is -0.401. The van der Waals surface area contributed by atoms with Crippen molar-refractivity contribution in [3.8, 4) is 17.3 Å². The topological polar surface area (TPSA) is 71.9 Å². The zero-order valence-corrected chi connectivity index (χ0v) is 18.0. The second kappa shape index (κ2) is 8.67. The minimum Gasteiger partial charge on any atom is -0.492 e. The molecule has 0 saturated carbocycles. The van der Waals surface area contributed by atoms with Gasteiger partial charge in [-0.05, 0) is 55.5 Å². The van der Waals surface area contributed by atoms with Crippen molar-refractivity contribution in [3.05, 3.63) is 105 Å². The first-order valence-corrected chi connectivity index (χ1v) is 10.2. The number of azo groups is 1. The van der Waals surface area contributed by atoms with E-state index < -0.39 is 11.4 Å². The average Bonchev–Trinajstić information content (AvgIpc) is 2.77. The van der Waals surface area contributed by atoms with Crippen LogP contribution in [0.5, 0.6) is 5.88 Å². The van der Waals surface area contributed by atoms with Gasteiger partial charge in [-0.15, -0.1) is 10.2 Å². The fraction of sp³-hybridized carbons (Fsp3) is 0.0435. The lowest BCUT2D eigenvalue weighted by atomic mass is 10.2. The van der Waals surface area contributed by atoms with Crippen LogP contribution in [0.4, 0.5) is 11.4 Å². The highest BCUT2D eigenvalue weighted by Gasteiger charge is 2.19. The lowest BCUT2D eigenvalue weighted by Gasteiger charge is -2.16. The van der Waals surface area contributed by atoms with Crippen molar-refractivity contribution in [2.45, 2.75) is 6.92 Å². The molecule has 154 valence electrons. The van der Waals surface area contributed by atoms with Crippen LogP contribution in [0.3, 0.4) is 0 Å². The Labute approximate surface area is 188 Å². The van der Waals surface area contributed by atoms with Gasteiger partial charge < -0.3 is 5.11 Å². The molecular formula is C23H17ClN4O2S. The number of aryl methyl sites for hydroxylation is 1. The Hall–Kier alpha value is -3.55. The highest BCUT2D eigenvalue weighted by atomic mass is 35.5. The Morgan fingerprint density at radius 3 is 2.13 bits per heavy atom. The van der Waals surface area contributed by atoms with Gasteiger partial charge in [0.15, 0.2) is 4.77 Å². The van der Waals surface area contributed by atoms with E-state index in [1.807, 2.05) is 25.1 Å². The fourth-order valence-corrected chi connectivity index (χ4v) is 3.59. The summed E-state index contributed by atoms with van der Waals surface area (Å²) in [6, 6.07) is 23.2. The van der Waals surface area contributed by atoms with Gasteiger partial charge in [0.25, 0.3) is 5.56 Å². The van der Waals surface area contributed by atoms with Crippen molar-refractivity contribution in [1.82, 2.24) is 9.13 Å². The van der Waals surface area contributed by atoms with Gasteiger partial charge in [0.1, 0.15) is 5.69 Å². The van der Waals surface area contributed by atoms with E-state index in [2.05, 4.69) is 10.2 Å². The molecule has 8 heteroatoms. The molecule has 0 atom stereocenters. The number of nitrogens with zero attached hydrogens (tertiary/aromatic N) is 4. The van der Waals surface area contributed by atoms with Gasteiger partial charge in [-0.3, -0.25) is 13.9 Å². The lowest BCUT2D eigenvalue weighted by molar-refractivity contribution is 0.432. The molecule has 0 aliphatic carbocycles. The van der Waals surface area contributed by atoms with Gasteiger partial charge in [-0.1, -0.05) is 59.6 Å². The van der Waals surface area contributed by atoms with E-state index >= 15 is 0 Å². The maximum Gasteiger partial charge on any atom is 0.290 e. The molecule has 4 rings (SSSR count). The summed E-state index contributed by atoms with van der Waals surface area (Å²) in [7, 11) is 0. The summed E-state index contributed by atoms with van der Waals surface area (Å²) in [5.41, 5.74) is 1.72. The number of halogens is 1. The number of hydrogen-bond acceptors (Lipinski definition) is 5. The number of para-hydroxylation sites is 1. The molecule has 0 fully saturated rings. The summed E-state index contributed by atoms with van der Waals surface area (Å²) in [5, 5.41) is 19.5. The van der Waals surface area contributed by atoms with E-state index in [-0.39, 0.29) is 10.5 Å². The highest BCUT2D eigenvalue weighted by molar-refractivity contribution is 7.71. The molecule has 1 heterocycles. The smallest absolute Gasteiger partial charge is 0.290 e. The first-order valence-electron chi connectivity index (χ1n) is 9.37. The maximum absolute atomic E-state index is 13.3. The maximum atomic E-state index is 13.3. The molecule has 0 aliphatic heterocycles. The molecule has 3 aromatic carbocycles. The molecule has 0 spiro atoms. The van der Waals surface area contributed by atoms with Crippen LogP contribution in [0.25, 0.3) is 11.4 Å². The third-order valence-corrected chi connectivity index (χ3v) is 5.31. The van der Waals surface area contributed by atoms with Crippen LogP contribution >= 0.6 is 23.8 Å². The summed E-state index contributed by atoms with van der Waals surface area (Å²) >= 11 is 11.7. The third kappa shape index (κ3) is 4.05. The van der Waals surface area contributed by atoms with Gasteiger partial charge in [0, 0.05) is 0 Å². The SMILES string of the molecule is Cc1ccc(-n2c(O)c(N=Nc3ccccc3Cl)c(=O)n(-c3ccccc3)c2=S)cc1. The Kier molecular flexibility index (Phi) is 5.79. The lowest BCUT2D eigenvalue weighted by Crippen LogP contribution is -2.23. The van der Waals surface area contributed by atoms with E-state index in [4.69, 9.17) is 23.8 Å². The predicted octanol–water partition coefficient (Wildman–Crippen LogP) is 6.44. The summed E-state index contributed by atoms with van der Waals surface area (Å²) in [6.07, 6.45) is 0. The largest absolute Gasteiger partial charge is 0.492 e. The van der Waals surface area contributed by atoms with Crippen LogP contribution in [0, 0.1) is 11.7 Å². The predicted molar refractivity (Wildman–Crippen MR) is 124 cm³/mol. The Morgan fingerprint density at radius 1 is 0.839 bits per heavy atom. The van der Waals surface area contributed by atoms with Gasteiger partial charge in [-0.25, -0.2) is 0 Å². The van der Waals surface area contributed by atoms with E-state index in [0.29, 0.717) is 22.1 Å². The van der Waals surface area contributed by atoms with Crippen LogP contribution in [0.2, 0.25) is 5.02 Å². The number of hydrogen-bond donors (Lipinski definition) is 1. The number of aromatic hydroxyl groups is 1. The van der Waals surface area contributed by atoms with Crippen LogP contribution in [0.1, 0.15) is 5.56 Å². The van der Waals surface area contributed by atoms with Crippen LogP contribution < -0.4 is 5.56 Å². The zero-order chi connectivity index (χ0) is 22.0. The highest BCUT2D eigenvalue weighted by Crippen LogP contribution is 2.31. The second-order valence-electron chi connectivity index (χ2n) is 6.75. The van der Waals surface area contributed by atoms with Crippen LogP contribution in [0.15, 0.2) is 93.9 Å². The summed E-state index contributed by atoms with van der Waals surface area (Å²) < 4.78 is 2.81. The number of benzene rings is 3. The molecule has 1 N–H and O–H groups in total. The van der Waals surface area contributed by atoms with Gasteiger partial charge in [0.2, 0.25) is 11.6 Å². The standard InChI is InChI=1S/C23H17ClN4O2S/c1-15-11-13-17(14-12-15)28-22(30)20(26-25-19-10-6-5-9-18(19)24)21(29)27(23(28)31)16-7-3-2-4-8-16/h2-14,30H,1H3. The molecular weight excluding hydrogens is 432 g/mol. The fourth-order valence-electron chi connectivity index (χ4n) is 3.04. The van der Waals surface area contributed by atoms with Crippen molar-refractivity contribution in [3.63, 3.8) is 0 Å². The molecule has 6 nitrogen and oxygen atoms in total. The van der Waals surface area contributed by atoms with E-state index in [9.17, 15) is 9.90 Å². The van der Waals surface area contributed by atoms with Crippen molar-refractivity contribution in [2.24, 2.45) is 10.2 Å². The molecule has 31 heavy (non-hydrogen) atoms. The molecule has 4 aromatic rings. The van der Waals surface area contributed by atoms with Crippen molar-refractivity contribution in [1.29, 1.82) is 0 Å². The van der Waals surface area contributed by atoms with E-state index in [1.165, 1.54) is 9.13 Å². The first kappa shape index (κ1) is 20.7. The van der Waals surface area contributed by atoms with Crippen molar-refractivity contribution >= 4 is 35.2 Å². The molecule has 0 amide bonds. The number of aromatic nitrogens is 2. The van der Waals surface area contributed by atoms with Crippen LogP contribution in [-0.4, -0.2) is 14.2 Å². The number of rotatable bonds is 4. The Bertz CT molecular complexity index is 1390. The van der Waals surface area contributed by atoms with Crippen molar-refractivity contribution in [2.75, 3.05) is 0 Å². The molecule has 1 aromatic heterocycles. The van der Waals surface area contributed by atoms with Gasteiger partial charge >= 0.3 is 0 Å². The first-order chi connectivity index (χ1) is 15.0. The second-order valence-corrected chi connectivity index (χ2v) is 7.53. The Balaban J connectivity index is 2.01. The van der Waals surface area contributed by atoms with E-state index in [0.717, 1.165) is 5.56 Å².